The Hall–Kier alpha value is -2.33. The van der Waals surface area contributed by atoms with Gasteiger partial charge < -0.3 is 4.90 Å². The second kappa shape index (κ2) is 9.65. The molecule has 2 unspecified atom stereocenters. The smallest absolute Gasteiger partial charge is 0.253 e. The SMILES string of the molecule is CNS(=O)(=O)c1ccc(C(=O)N(C)CCCC2CC(c3cccc(F)c3)NN2)cc1. The number of carbonyl (C=O) groups is 1. The first-order chi connectivity index (χ1) is 14.3. The molecule has 0 bridgehead atoms. The number of sulfonamides is 1. The molecule has 1 saturated heterocycles. The summed E-state index contributed by atoms with van der Waals surface area (Å²) in [4.78, 5) is 14.3. The normalized spacial score (nSPS) is 19.0. The van der Waals surface area contributed by atoms with Crippen LogP contribution in [0, 0.1) is 5.82 Å². The lowest BCUT2D eigenvalue weighted by Gasteiger charge is -2.18. The van der Waals surface area contributed by atoms with E-state index in [-0.39, 0.29) is 28.7 Å². The molecule has 3 N–H and O–H groups in total. The third-order valence-electron chi connectivity index (χ3n) is 5.31. The molecule has 1 aliphatic heterocycles. The number of nitrogens with zero attached hydrogens (tertiary/aromatic N) is 1. The van der Waals surface area contributed by atoms with Crippen molar-refractivity contribution < 1.29 is 17.6 Å². The van der Waals surface area contributed by atoms with Gasteiger partial charge in [0.25, 0.3) is 5.91 Å². The van der Waals surface area contributed by atoms with Crippen molar-refractivity contribution in [3.63, 3.8) is 0 Å². The Kier molecular flexibility index (Phi) is 7.19. The van der Waals surface area contributed by atoms with Gasteiger partial charge in [-0.1, -0.05) is 12.1 Å². The number of carbonyl (C=O) groups excluding carboxylic acids is 1. The molecule has 0 radical (unpaired) electrons. The van der Waals surface area contributed by atoms with Crippen LogP contribution >= 0.6 is 0 Å². The Balaban J connectivity index is 1.46. The van der Waals surface area contributed by atoms with E-state index in [1.165, 1.54) is 37.4 Å². The number of hydrogen-bond acceptors (Lipinski definition) is 5. The molecule has 9 heteroatoms. The van der Waals surface area contributed by atoms with Crippen molar-refractivity contribution in [1.29, 1.82) is 0 Å². The highest BCUT2D eigenvalue weighted by Crippen LogP contribution is 2.24. The minimum Gasteiger partial charge on any atom is -0.342 e. The van der Waals surface area contributed by atoms with Crippen LogP contribution in [-0.2, 0) is 10.0 Å². The number of rotatable bonds is 8. The van der Waals surface area contributed by atoms with Crippen LogP contribution < -0.4 is 15.6 Å². The maximum atomic E-state index is 13.4. The quantitative estimate of drug-likeness (QED) is 0.593. The molecule has 1 fully saturated rings. The summed E-state index contributed by atoms with van der Waals surface area (Å²) in [5, 5.41) is 0. The van der Waals surface area contributed by atoms with Crippen LogP contribution in [0.2, 0.25) is 0 Å². The molecule has 30 heavy (non-hydrogen) atoms. The standard InChI is InChI=1S/C21H27FN4O3S/c1-23-30(28,29)19-10-8-15(9-11-19)21(27)26(2)12-4-7-18-14-20(25-24-18)16-5-3-6-17(22)13-16/h3,5-6,8-11,13,18,20,23-25H,4,7,12,14H2,1-2H3. The molecule has 3 rings (SSSR count). The zero-order valence-electron chi connectivity index (χ0n) is 17.1. The molecule has 2 aromatic rings. The van der Waals surface area contributed by atoms with Crippen molar-refractivity contribution in [1.82, 2.24) is 20.5 Å². The Bertz CT molecular complexity index is 982. The summed E-state index contributed by atoms with van der Waals surface area (Å²) < 4.78 is 39.2. The molecular weight excluding hydrogens is 407 g/mol. The van der Waals surface area contributed by atoms with Crippen LogP contribution in [0.4, 0.5) is 4.39 Å². The minimum absolute atomic E-state index is 0.0671. The van der Waals surface area contributed by atoms with Crippen LogP contribution in [0.15, 0.2) is 53.4 Å². The van der Waals surface area contributed by atoms with Gasteiger partial charge in [0.15, 0.2) is 0 Å². The summed E-state index contributed by atoms with van der Waals surface area (Å²) in [6.45, 7) is 0.582. The van der Waals surface area contributed by atoms with Gasteiger partial charge >= 0.3 is 0 Å². The number of halogens is 1. The molecule has 0 saturated carbocycles. The number of benzene rings is 2. The number of hydrazine groups is 1. The number of hydrogen-bond donors (Lipinski definition) is 3. The van der Waals surface area contributed by atoms with E-state index in [1.807, 2.05) is 6.07 Å². The van der Waals surface area contributed by atoms with E-state index in [9.17, 15) is 17.6 Å². The fraction of sp³-hybridized carbons (Fsp3) is 0.381. The van der Waals surface area contributed by atoms with Crippen molar-refractivity contribution in [2.45, 2.75) is 36.2 Å². The van der Waals surface area contributed by atoms with E-state index in [0.717, 1.165) is 24.8 Å². The van der Waals surface area contributed by atoms with Gasteiger partial charge in [0.2, 0.25) is 10.0 Å². The Morgan fingerprint density at radius 1 is 1.20 bits per heavy atom. The van der Waals surface area contributed by atoms with Crippen LogP contribution in [0.1, 0.15) is 41.2 Å². The van der Waals surface area contributed by atoms with Crippen LogP contribution in [0.5, 0.6) is 0 Å². The first-order valence-corrected chi connectivity index (χ1v) is 11.3. The van der Waals surface area contributed by atoms with Gasteiger partial charge in [0.05, 0.1) is 4.90 Å². The van der Waals surface area contributed by atoms with Gasteiger partial charge in [-0.3, -0.25) is 15.6 Å². The van der Waals surface area contributed by atoms with Crippen LogP contribution in [-0.4, -0.2) is 45.9 Å². The monoisotopic (exact) mass is 434 g/mol. The van der Waals surface area contributed by atoms with E-state index >= 15 is 0 Å². The highest BCUT2D eigenvalue weighted by Gasteiger charge is 2.25. The summed E-state index contributed by atoms with van der Waals surface area (Å²) in [5.41, 5.74) is 7.82. The molecule has 2 aromatic carbocycles. The second-order valence-electron chi connectivity index (χ2n) is 7.43. The summed E-state index contributed by atoms with van der Waals surface area (Å²) >= 11 is 0. The Labute approximate surface area is 176 Å². The zero-order chi connectivity index (χ0) is 21.7. The van der Waals surface area contributed by atoms with Crippen LogP contribution in [0.3, 0.4) is 0 Å². The topological polar surface area (TPSA) is 90.5 Å². The molecule has 0 aliphatic carbocycles. The van der Waals surface area contributed by atoms with Crippen LogP contribution in [0.25, 0.3) is 0 Å². The minimum atomic E-state index is -3.52. The fourth-order valence-electron chi connectivity index (χ4n) is 3.54. The molecule has 1 heterocycles. The lowest BCUT2D eigenvalue weighted by Crippen LogP contribution is -2.32. The van der Waals surface area contributed by atoms with Gasteiger partial charge in [0.1, 0.15) is 5.82 Å². The molecule has 1 aliphatic rings. The Morgan fingerprint density at radius 3 is 2.60 bits per heavy atom. The molecule has 0 spiro atoms. The third-order valence-corrected chi connectivity index (χ3v) is 6.74. The van der Waals surface area contributed by atoms with Gasteiger partial charge in [-0.05, 0) is 68.3 Å². The van der Waals surface area contributed by atoms with Gasteiger partial charge in [-0.25, -0.2) is 17.5 Å². The molecular formula is C21H27FN4O3S. The van der Waals surface area contributed by atoms with Crippen molar-refractivity contribution in [3.05, 3.63) is 65.5 Å². The summed E-state index contributed by atoms with van der Waals surface area (Å²) in [6, 6.07) is 12.8. The largest absolute Gasteiger partial charge is 0.342 e. The van der Waals surface area contributed by atoms with E-state index in [2.05, 4.69) is 15.6 Å². The lowest BCUT2D eigenvalue weighted by atomic mass is 9.99. The first-order valence-electron chi connectivity index (χ1n) is 9.86. The predicted molar refractivity (Wildman–Crippen MR) is 113 cm³/mol. The highest BCUT2D eigenvalue weighted by molar-refractivity contribution is 7.89. The summed E-state index contributed by atoms with van der Waals surface area (Å²) in [7, 11) is -0.443. The molecule has 2 atom stereocenters. The van der Waals surface area contributed by atoms with Crippen molar-refractivity contribution >= 4 is 15.9 Å². The third kappa shape index (κ3) is 5.42. The summed E-state index contributed by atoms with van der Waals surface area (Å²) in [5.74, 6) is -0.395. The van der Waals surface area contributed by atoms with Gasteiger partial charge in [-0.15, -0.1) is 0 Å². The Morgan fingerprint density at radius 2 is 1.93 bits per heavy atom. The molecule has 162 valence electrons. The zero-order valence-corrected chi connectivity index (χ0v) is 17.9. The average Bonchev–Trinajstić information content (AvgIpc) is 3.22. The lowest BCUT2D eigenvalue weighted by molar-refractivity contribution is 0.0791. The second-order valence-corrected chi connectivity index (χ2v) is 9.32. The summed E-state index contributed by atoms with van der Waals surface area (Å²) in [6.07, 6.45) is 2.53. The van der Waals surface area contributed by atoms with E-state index < -0.39 is 10.0 Å². The molecule has 0 aromatic heterocycles. The van der Waals surface area contributed by atoms with E-state index in [1.54, 1.807) is 24.1 Å². The maximum absolute atomic E-state index is 13.4. The van der Waals surface area contributed by atoms with E-state index in [4.69, 9.17) is 0 Å². The van der Waals surface area contributed by atoms with Crippen molar-refractivity contribution in [2.75, 3.05) is 20.6 Å². The van der Waals surface area contributed by atoms with Crippen molar-refractivity contribution in [2.24, 2.45) is 0 Å². The number of nitrogens with one attached hydrogen (secondary N) is 3. The van der Waals surface area contributed by atoms with E-state index in [0.29, 0.717) is 12.1 Å². The molecule has 1 amide bonds. The maximum Gasteiger partial charge on any atom is 0.253 e. The first kappa shape index (κ1) is 22.4. The molecule has 7 nitrogen and oxygen atoms in total. The van der Waals surface area contributed by atoms with Crippen molar-refractivity contribution in [3.8, 4) is 0 Å². The van der Waals surface area contributed by atoms with Gasteiger partial charge in [-0.2, -0.15) is 0 Å². The fourth-order valence-corrected chi connectivity index (χ4v) is 4.27. The number of amides is 1. The predicted octanol–water partition coefficient (Wildman–Crippen LogP) is 2.19. The highest BCUT2D eigenvalue weighted by atomic mass is 32.2. The average molecular weight is 435 g/mol. The van der Waals surface area contributed by atoms with Gasteiger partial charge in [0, 0.05) is 31.2 Å².